The van der Waals surface area contributed by atoms with E-state index in [2.05, 4.69) is 10.2 Å². The molecule has 1 unspecified atom stereocenters. The number of Topliss-reactive ketones (excluding diaryl/α,β-unsaturated/α-hetero) is 1. The third kappa shape index (κ3) is 3.44. The molecule has 2 heterocycles. The van der Waals surface area contributed by atoms with Gasteiger partial charge in [-0.2, -0.15) is 0 Å². The fourth-order valence-electron chi connectivity index (χ4n) is 3.63. The number of amides is 1. The molecule has 0 bridgehead atoms. The van der Waals surface area contributed by atoms with Crippen LogP contribution in [0, 0.1) is 0 Å². The number of hydrogen-bond donors (Lipinski definition) is 1. The van der Waals surface area contributed by atoms with Crippen LogP contribution in [0.5, 0.6) is 17.2 Å². The Kier molecular flexibility index (Phi) is 5.78. The number of benzene rings is 2. The first-order chi connectivity index (χ1) is 15.5. The summed E-state index contributed by atoms with van der Waals surface area (Å²) >= 11 is 1.10. The van der Waals surface area contributed by atoms with E-state index in [0.717, 1.165) is 11.3 Å². The standard InChI is InChI=1S/C22H19N3O6S/c1-29-14-9-13(10-15(30-2)20(14)31-3)17-16(18(26)12-7-5-4-6-8-12)19(27)21(28)25(17)22-24-23-11-32-22/h4-11,17,26H,1-3H3/b18-16+. The van der Waals surface area contributed by atoms with Gasteiger partial charge < -0.3 is 19.3 Å². The van der Waals surface area contributed by atoms with Gasteiger partial charge in [-0.3, -0.25) is 14.5 Å². The van der Waals surface area contributed by atoms with E-state index in [9.17, 15) is 14.7 Å². The number of ketones is 1. The van der Waals surface area contributed by atoms with Crippen molar-refractivity contribution in [1.82, 2.24) is 10.2 Å². The predicted molar refractivity (Wildman–Crippen MR) is 117 cm³/mol. The lowest BCUT2D eigenvalue weighted by Crippen LogP contribution is -2.29. The fourth-order valence-corrected chi connectivity index (χ4v) is 4.21. The molecule has 3 aromatic rings. The number of aliphatic hydroxyl groups excluding tert-OH is 1. The van der Waals surface area contributed by atoms with Crippen LogP contribution in [0.2, 0.25) is 0 Å². The first kappa shape index (κ1) is 21.3. The van der Waals surface area contributed by atoms with Gasteiger partial charge in [0.2, 0.25) is 10.9 Å². The molecule has 0 spiro atoms. The van der Waals surface area contributed by atoms with Crippen molar-refractivity contribution in [1.29, 1.82) is 0 Å². The highest BCUT2D eigenvalue weighted by Crippen LogP contribution is 2.47. The number of aromatic nitrogens is 2. The maximum atomic E-state index is 13.1. The number of carbonyl (C=O) groups is 2. The summed E-state index contributed by atoms with van der Waals surface area (Å²) in [6.07, 6.45) is 0. The molecule has 1 aliphatic rings. The Bertz CT molecular complexity index is 1170. The van der Waals surface area contributed by atoms with E-state index in [1.54, 1.807) is 42.5 Å². The number of nitrogens with zero attached hydrogens (tertiary/aromatic N) is 3. The number of rotatable bonds is 6. The summed E-state index contributed by atoms with van der Waals surface area (Å²) in [5.41, 5.74) is 2.25. The molecule has 1 saturated heterocycles. The molecular weight excluding hydrogens is 434 g/mol. The van der Waals surface area contributed by atoms with Gasteiger partial charge in [0.25, 0.3) is 5.78 Å². The van der Waals surface area contributed by atoms with Gasteiger partial charge in [0.15, 0.2) is 11.5 Å². The van der Waals surface area contributed by atoms with Gasteiger partial charge in [0.1, 0.15) is 11.3 Å². The van der Waals surface area contributed by atoms with Gasteiger partial charge in [-0.1, -0.05) is 41.7 Å². The Hall–Kier alpha value is -3.92. The van der Waals surface area contributed by atoms with Gasteiger partial charge >= 0.3 is 5.91 Å². The first-order valence-electron chi connectivity index (χ1n) is 9.44. The predicted octanol–water partition coefficient (Wildman–Crippen LogP) is 3.19. The number of ether oxygens (including phenoxy) is 3. The maximum Gasteiger partial charge on any atom is 0.301 e. The summed E-state index contributed by atoms with van der Waals surface area (Å²) in [5, 5.41) is 19.1. The Labute approximate surface area is 187 Å². The second-order valence-electron chi connectivity index (χ2n) is 6.72. The van der Waals surface area contributed by atoms with Crippen LogP contribution >= 0.6 is 11.3 Å². The first-order valence-corrected chi connectivity index (χ1v) is 10.3. The summed E-state index contributed by atoms with van der Waals surface area (Å²) < 4.78 is 16.3. The van der Waals surface area contributed by atoms with Gasteiger partial charge in [-0.25, -0.2) is 0 Å². The average molecular weight is 453 g/mol. The molecule has 1 fully saturated rings. The van der Waals surface area contributed by atoms with Crippen molar-refractivity contribution in [2.45, 2.75) is 6.04 Å². The molecule has 2 aromatic carbocycles. The van der Waals surface area contributed by atoms with Crippen molar-refractivity contribution in [3.05, 3.63) is 64.7 Å². The number of hydrogen-bond acceptors (Lipinski definition) is 9. The third-order valence-electron chi connectivity index (χ3n) is 5.05. The van der Waals surface area contributed by atoms with Crippen molar-refractivity contribution in [3.63, 3.8) is 0 Å². The summed E-state index contributed by atoms with van der Waals surface area (Å²) in [7, 11) is 4.40. The van der Waals surface area contributed by atoms with E-state index < -0.39 is 17.7 Å². The quantitative estimate of drug-likeness (QED) is 0.344. The van der Waals surface area contributed by atoms with Crippen LogP contribution in [0.3, 0.4) is 0 Å². The van der Waals surface area contributed by atoms with Gasteiger partial charge in [-0.05, 0) is 17.7 Å². The molecular formula is C22H19N3O6S. The molecule has 0 aliphatic carbocycles. The lowest BCUT2D eigenvalue weighted by Gasteiger charge is -2.24. The summed E-state index contributed by atoms with van der Waals surface area (Å²) in [6.45, 7) is 0. The third-order valence-corrected chi connectivity index (χ3v) is 5.74. The Morgan fingerprint density at radius 1 is 1.03 bits per heavy atom. The normalized spacial score (nSPS) is 17.5. The average Bonchev–Trinajstić information content (AvgIpc) is 3.44. The molecule has 1 amide bonds. The Balaban J connectivity index is 2.00. The molecule has 164 valence electrons. The largest absolute Gasteiger partial charge is 0.507 e. The van der Waals surface area contributed by atoms with Crippen molar-refractivity contribution in [3.8, 4) is 17.2 Å². The highest BCUT2D eigenvalue weighted by atomic mass is 32.1. The van der Waals surface area contributed by atoms with Crippen LogP contribution in [0.15, 0.2) is 53.5 Å². The van der Waals surface area contributed by atoms with E-state index in [1.807, 2.05) is 0 Å². The smallest absolute Gasteiger partial charge is 0.301 e. The van der Waals surface area contributed by atoms with Crippen LogP contribution < -0.4 is 19.1 Å². The zero-order valence-electron chi connectivity index (χ0n) is 17.4. The lowest BCUT2D eigenvalue weighted by atomic mass is 9.95. The van der Waals surface area contributed by atoms with Crippen molar-refractivity contribution >= 4 is 33.9 Å². The molecule has 1 aliphatic heterocycles. The number of aliphatic hydroxyl groups is 1. The van der Waals surface area contributed by atoms with E-state index in [-0.39, 0.29) is 16.5 Å². The molecule has 0 saturated carbocycles. The zero-order valence-corrected chi connectivity index (χ0v) is 18.3. The van der Waals surface area contributed by atoms with Gasteiger partial charge in [0, 0.05) is 5.56 Å². The molecule has 9 nitrogen and oxygen atoms in total. The topological polar surface area (TPSA) is 111 Å². The van der Waals surface area contributed by atoms with E-state index in [4.69, 9.17) is 14.2 Å². The number of methoxy groups -OCH3 is 3. The zero-order chi connectivity index (χ0) is 22.8. The second kappa shape index (κ2) is 8.67. The van der Waals surface area contributed by atoms with E-state index in [0.29, 0.717) is 28.4 Å². The summed E-state index contributed by atoms with van der Waals surface area (Å²) in [5.74, 6) is -0.920. The molecule has 1 N–H and O–H groups in total. The fraction of sp³-hybridized carbons (Fsp3) is 0.182. The summed E-state index contributed by atoms with van der Waals surface area (Å²) in [4.78, 5) is 27.4. The number of carbonyl (C=O) groups excluding carboxylic acids is 2. The molecule has 1 aromatic heterocycles. The minimum absolute atomic E-state index is 0.0781. The van der Waals surface area contributed by atoms with Crippen LogP contribution in [0.1, 0.15) is 17.2 Å². The minimum Gasteiger partial charge on any atom is -0.507 e. The van der Waals surface area contributed by atoms with Crippen LogP contribution in [-0.2, 0) is 9.59 Å². The van der Waals surface area contributed by atoms with E-state index >= 15 is 0 Å². The highest BCUT2D eigenvalue weighted by Gasteiger charge is 2.48. The van der Waals surface area contributed by atoms with Crippen LogP contribution in [-0.4, -0.2) is 48.3 Å². The Morgan fingerprint density at radius 2 is 1.69 bits per heavy atom. The van der Waals surface area contributed by atoms with Crippen molar-refractivity contribution in [2.75, 3.05) is 26.2 Å². The van der Waals surface area contributed by atoms with E-state index in [1.165, 1.54) is 31.7 Å². The van der Waals surface area contributed by atoms with Gasteiger partial charge in [-0.15, -0.1) is 10.2 Å². The summed E-state index contributed by atoms with van der Waals surface area (Å²) in [6, 6.07) is 10.8. The van der Waals surface area contributed by atoms with Crippen LogP contribution in [0.25, 0.3) is 5.76 Å². The monoisotopic (exact) mass is 453 g/mol. The van der Waals surface area contributed by atoms with Crippen molar-refractivity contribution in [2.24, 2.45) is 0 Å². The minimum atomic E-state index is -0.989. The second-order valence-corrected chi connectivity index (χ2v) is 7.53. The Morgan fingerprint density at radius 3 is 2.22 bits per heavy atom. The molecule has 4 rings (SSSR count). The van der Waals surface area contributed by atoms with Crippen LogP contribution in [0.4, 0.5) is 5.13 Å². The lowest BCUT2D eigenvalue weighted by molar-refractivity contribution is -0.132. The maximum absolute atomic E-state index is 13.1. The molecule has 32 heavy (non-hydrogen) atoms. The number of anilines is 1. The molecule has 10 heteroatoms. The van der Waals surface area contributed by atoms with Gasteiger partial charge in [0.05, 0.1) is 32.9 Å². The molecule has 1 atom stereocenters. The highest BCUT2D eigenvalue weighted by molar-refractivity contribution is 7.13. The SMILES string of the molecule is COc1cc(C2/C(=C(\O)c3ccccc3)C(=O)C(=O)N2c2nncs2)cc(OC)c1OC. The molecule has 0 radical (unpaired) electrons. The van der Waals surface area contributed by atoms with Crippen molar-refractivity contribution < 1.29 is 28.9 Å².